The number of sulfonamides is 1. The number of fused-ring (bicyclic) bond motifs is 1. The van der Waals surface area contributed by atoms with E-state index in [-0.39, 0.29) is 0 Å². The zero-order valence-corrected chi connectivity index (χ0v) is 16.4. The predicted octanol–water partition coefficient (Wildman–Crippen LogP) is 2.68. The Morgan fingerprint density at radius 1 is 1.20 bits per heavy atom. The van der Waals surface area contributed by atoms with Crippen LogP contribution in [0.5, 0.6) is 0 Å². The monoisotopic (exact) mass is 364 g/mol. The minimum Gasteiger partial charge on any atom is -0.327 e. The molecule has 0 atom stereocenters. The molecule has 6 nitrogen and oxygen atoms in total. The van der Waals surface area contributed by atoms with Gasteiger partial charge < -0.3 is 4.57 Å². The summed E-state index contributed by atoms with van der Waals surface area (Å²) >= 11 is 0. The summed E-state index contributed by atoms with van der Waals surface area (Å²) in [4.78, 5) is 7.45. The van der Waals surface area contributed by atoms with E-state index in [2.05, 4.69) is 23.4 Å². The average molecular weight is 365 g/mol. The van der Waals surface area contributed by atoms with Crippen molar-refractivity contribution in [3.63, 3.8) is 0 Å². The maximum absolute atomic E-state index is 12.4. The second kappa shape index (κ2) is 7.05. The first-order valence-electron chi connectivity index (χ1n) is 8.96. The molecule has 1 fully saturated rings. The molecule has 1 heterocycles. The third kappa shape index (κ3) is 3.45. The molecule has 1 aliphatic rings. The van der Waals surface area contributed by atoms with Crippen LogP contribution in [-0.2, 0) is 23.1 Å². The number of benzene rings is 1. The van der Waals surface area contributed by atoms with Crippen LogP contribution >= 0.6 is 0 Å². The maximum atomic E-state index is 12.4. The fourth-order valence-electron chi connectivity index (χ4n) is 3.70. The maximum Gasteiger partial charge on any atom is 0.242 e. The molecule has 0 bridgehead atoms. The summed E-state index contributed by atoms with van der Waals surface area (Å²) in [5.74, 6) is 1.01. The molecule has 138 valence electrons. The lowest BCUT2D eigenvalue weighted by Gasteiger charge is -2.23. The van der Waals surface area contributed by atoms with Crippen molar-refractivity contribution in [2.45, 2.75) is 56.6 Å². The highest BCUT2D eigenvalue weighted by Gasteiger charge is 2.23. The Kier molecular flexibility index (Phi) is 5.18. The highest BCUT2D eigenvalue weighted by molar-refractivity contribution is 7.89. The van der Waals surface area contributed by atoms with Gasteiger partial charge in [-0.1, -0.05) is 12.8 Å². The van der Waals surface area contributed by atoms with Crippen LogP contribution in [0.1, 0.15) is 38.4 Å². The number of aromatic nitrogens is 2. The summed E-state index contributed by atoms with van der Waals surface area (Å²) in [6.45, 7) is 3.72. The number of aryl methyl sites for hydroxylation is 1. The molecule has 0 aliphatic heterocycles. The minimum absolute atomic E-state index is 0.293. The van der Waals surface area contributed by atoms with Crippen molar-refractivity contribution in [1.82, 2.24) is 18.8 Å². The molecule has 0 saturated heterocycles. The van der Waals surface area contributed by atoms with Crippen molar-refractivity contribution in [1.29, 1.82) is 0 Å². The SMILES string of the molecule is CCn1c(CN(C)C2CCCC2)nc2cc(S(=O)(=O)N(C)C)ccc21. The molecule has 0 amide bonds. The van der Waals surface area contributed by atoms with Crippen LogP contribution in [0, 0.1) is 0 Å². The molecule has 1 aromatic carbocycles. The van der Waals surface area contributed by atoms with E-state index < -0.39 is 10.0 Å². The van der Waals surface area contributed by atoms with Gasteiger partial charge in [-0.2, -0.15) is 0 Å². The summed E-state index contributed by atoms with van der Waals surface area (Å²) in [6.07, 6.45) is 5.14. The lowest BCUT2D eigenvalue weighted by molar-refractivity contribution is 0.229. The quantitative estimate of drug-likeness (QED) is 0.791. The standard InChI is InChI=1S/C18H28N4O2S/c1-5-22-17-11-10-15(25(23,24)20(2)3)12-16(17)19-18(22)13-21(4)14-8-6-7-9-14/h10-12,14H,5-9,13H2,1-4H3. The van der Waals surface area contributed by atoms with Gasteiger partial charge in [0.15, 0.2) is 0 Å². The highest BCUT2D eigenvalue weighted by atomic mass is 32.2. The van der Waals surface area contributed by atoms with E-state index in [1.165, 1.54) is 30.0 Å². The predicted molar refractivity (Wildman–Crippen MR) is 100 cm³/mol. The Morgan fingerprint density at radius 2 is 1.88 bits per heavy atom. The van der Waals surface area contributed by atoms with Gasteiger partial charge in [-0.05, 0) is 45.0 Å². The van der Waals surface area contributed by atoms with E-state index in [1.54, 1.807) is 26.2 Å². The largest absolute Gasteiger partial charge is 0.327 e. The van der Waals surface area contributed by atoms with Gasteiger partial charge in [0.2, 0.25) is 10.0 Å². The van der Waals surface area contributed by atoms with Gasteiger partial charge in [-0.15, -0.1) is 0 Å². The summed E-state index contributed by atoms with van der Waals surface area (Å²) in [6, 6.07) is 5.88. The molecule has 25 heavy (non-hydrogen) atoms. The van der Waals surface area contributed by atoms with Crippen LogP contribution in [0.3, 0.4) is 0 Å². The Hall–Kier alpha value is -1.44. The molecule has 0 radical (unpaired) electrons. The summed E-state index contributed by atoms with van der Waals surface area (Å²) in [7, 11) is 1.82. The molecule has 0 N–H and O–H groups in total. The Labute approximate surface area is 150 Å². The van der Waals surface area contributed by atoms with E-state index >= 15 is 0 Å². The van der Waals surface area contributed by atoms with E-state index in [9.17, 15) is 8.42 Å². The van der Waals surface area contributed by atoms with E-state index in [1.807, 2.05) is 6.07 Å². The molecule has 1 aromatic heterocycles. The van der Waals surface area contributed by atoms with Crippen LogP contribution < -0.4 is 0 Å². The topological polar surface area (TPSA) is 58.4 Å². The van der Waals surface area contributed by atoms with Crippen LogP contribution in [0.25, 0.3) is 11.0 Å². The summed E-state index contributed by atoms with van der Waals surface area (Å²) in [5.41, 5.74) is 1.75. The molecule has 0 spiro atoms. The first kappa shape index (κ1) is 18.4. The summed E-state index contributed by atoms with van der Waals surface area (Å²) < 4.78 is 28.2. The van der Waals surface area contributed by atoms with Gasteiger partial charge in [-0.25, -0.2) is 17.7 Å². The smallest absolute Gasteiger partial charge is 0.242 e. The van der Waals surface area contributed by atoms with Gasteiger partial charge in [-0.3, -0.25) is 4.90 Å². The molecular formula is C18H28N4O2S. The van der Waals surface area contributed by atoms with Gasteiger partial charge in [0.25, 0.3) is 0 Å². The highest BCUT2D eigenvalue weighted by Crippen LogP contribution is 2.26. The van der Waals surface area contributed by atoms with Crippen molar-refractivity contribution in [3.8, 4) is 0 Å². The lowest BCUT2D eigenvalue weighted by Crippen LogP contribution is -2.29. The molecule has 7 heteroatoms. The Bertz CT molecular complexity index is 851. The van der Waals surface area contributed by atoms with Crippen LogP contribution in [0.2, 0.25) is 0 Å². The molecule has 2 aromatic rings. The van der Waals surface area contributed by atoms with E-state index in [0.717, 1.165) is 29.9 Å². The molecule has 3 rings (SSSR count). The van der Waals surface area contributed by atoms with Crippen molar-refractivity contribution in [2.75, 3.05) is 21.1 Å². The van der Waals surface area contributed by atoms with Gasteiger partial charge >= 0.3 is 0 Å². The first-order valence-corrected chi connectivity index (χ1v) is 10.4. The second-order valence-corrected chi connectivity index (χ2v) is 9.22. The normalized spacial score (nSPS) is 16.6. The zero-order chi connectivity index (χ0) is 18.2. The van der Waals surface area contributed by atoms with Crippen molar-refractivity contribution in [3.05, 3.63) is 24.0 Å². The third-order valence-corrected chi connectivity index (χ3v) is 7.04. The van der Waals surface area contributed by atoms with Gasteiger partial charge in [0.05, 0.1) is 22.5 Å². The number of hydrogen-bond acceptors (Lipinski definition) is 4. The Morgan fingerprint density at radius 3 is 2.48 bits per heavy atom. The minimum atomic E-state index is -3.44. The van der Waals surface area contributed by atoms with Gasteiger partial charge in [0.1, 0.15) is 5.82 Å². The molecule has 1 saturated carbocycles. The Balaban J connectivity index is 1.96. The fraction of sp³-hybridized carbons (Fsp3) is 0.611. The van der Waals surface area contributed by atoms with Crippen molar-refractivity contribution < 1.29 is 8.42 Å². The van der Waals surface area contributed by atoms with E-state index in [4.69, 9.17) is 4.98 Å². The molecular weight excluding hydrogens is 336 g/mol. The first-order chi connectivity index (χ1) is 11.8. The number of hydrogen-bond donors (Lipinski definition) is 0. The second-order valence-electron chi connectivity index (χ2n) is 7.06. The van der Waals surface area contributed by atoms with E-state index in [0.29, 0.717) is 10.9 Å². The van der Waals surface area contributed by atoms with Crippen molar-refractivity contribution in [2.24, 2.45) is 0 Å². The van der Waals surface area contributed by atoms with Crippen LogP contribution in [0.15, 0.2) is 23.1 Å². The number of imidazole rings is 1. The molecule has 1 aliphatic carbocycles. The van der Waals surface area contributed by atoms with Crippen molar-refractivity contribution >= 4 is 21.1 Å². The average Bonchev–Trinajstić information content (AvgIpc) is 3.21. The summed E-state index contributed by atoms with van der Waals surface area (Å²) in [5, 5.41) is 0. The van der Waals surface area contributed by atoms with Crippen LogP contribution in [-0.4, -0.2) is 54.4 Å². The number of nitrogens with zero attached hydrogens (tertiary/aromatic N) is 4. The fourth-order valence-corrected chi connectivity index (χ4v) is 4.62. The molecule has 0 unspecified atom stereocenters. The lowest BCUT2D eigenvalue weighted by atomic mass is 10.2. The van der Waals surface area contributed by atoms with Crippen LogP contribution in [0.4, 0.5) is 0 Å². The third-order valence-electron chi connectivity index (χ3n) is 5.23. The number of rotatable bonds is 6. The zero-order valence-electron chi connectivity index (χ0n) is 15.6. The van der Waals surface area contributed by atoms with Gasteiger partial charge in [0, 0.05) is 26.7 Å².